The molecule has 8 heteroatoms. The summed E-state index contributed by atoms with van der Waals surface area (Å²) in [7, 11) is 2.95. The second kappa shape index (κ2) is 9.90. The van der Waals surface area contributed by atoms with Crippen molar-refractivity contribution in [2.45, 2.75) is 39.0 Å². The minimum atomic E-state index is -0.519. The van der Waals surface area contributed by atoms with E-state index >= 15 is 0 Å². The van der Waals surface area contributed by atoms with Crippen molar-refractivity contribution in [1.82, 2.24) is 0 Å². The standard InChI is InChI=1S/C27H31FN2O5/c1-16-12-17-8-9-27(2,3)19(17)15-21(16)35-24-7-6-20(34-24)26(31)30-25-22(32-4)13-18(29-11-10-28)14-23(25)33-5/h6-7,12-15,29H,8-11H2,1-5H3,(H,30,31)/i28-1. The van der Waals surface area contributed by atoms with Crippen molar-refractivity contribution < 1.29 is 27.8 Å². The molecule has 1 aliphatic rings. The number of fused-ring (bicyclic) bond motifs is 1. The van der Waals surface area contributed by atoms with Gasteiger partial charge in [0.25, 0.3) is 11.9 Å². The number of alkyl halides is 1. The Morgan fingerprint density at radius 3 is 2.46 bits per heavy atom. The van der Waals surface area contributed by atoms with Crippen molar-refractivity contribution in [3.63, 3.8) is 0 Å². The van der Waals surface area contributed by atoms with Gasteiger partial charge in [-0.15, -0.1) is 0 Å². The molecule has 7 nitrogen and oxygen atoms in total. The van der Waals surface area contributed by atoms with Gasteiger partial charge in [0.2, 0.25) is 0 Å². The first kappa shape index (κ1) is 24.4. The third kappa shape index (κ3) is 5.06. The van der Waals surface area contributed by atoms with Crippen LogP contribution in [0.4, 0.5) is 15.8 Å². The summed E-state index contributed by atoms with van der Waals surface area (Å²) in [6.07, 6.45) is 2.17. The number of amides is 1. The van der Waals surface area contributed by atoms with Gasteiger partial charge in [-0.3, -0.25) is 4.79 Å². The summed E-state index contributed by atoms with van der Waals surface area (Å²) in [6, 6.07) is 10.7. The average molecular weight is 482 g/mol. The fourth-order valence-electron chi connectivity index (χ4n) is 4.39. The zero-order chi connectivity index (χ0) is 25.2. The number of benzene rings is 2. The molecule has 35 heavy (non-hydrogen) atoms. The summed E-state index contributed by atoms with van der Waals surface area (Å²) < 4.78 is 35.1. The van der Waals surface area contributed by atoms with Gasteiger partial charge >= 0.3 is 0 Å². The SMILES string of the molecule is COc1cc(NCC[18F])cc(OC)c1NC(=O)c1ccc(Oc2cc3c(cc2C)CCC3(C)C)o1. The van der Waals surface area contributed by atoms with Gasteiger partial charge in [0.1, 0.15) is 29.6 Å². The Hall–Kier alpha value is -3.68. The Kier molecular flexibility index (Phi) is 6.91. The molecule has 1 aromatic heterocycles. The number of rotatable bonds is 9. The number of nitrogens with one attached hydrogen (secondary N) is 2. The van der Waals surface area contributed by atoms with E-state index in [0.29, 0.717) is 28.6 Å². The Morgan fingerprint density at radius 1 is 1.09 bits per heavy atom. The fourth-order valence-corrected chi connectivity index (χ4v) is 4.39. The minimum absolute atomic E-state index is 0.0721. The molecule has 1 aliphatic carbocycles. The van der Waals surface area contributed by atoms with Crippen LogP contribution in [0.5, 0.6) is 23.2 Å². The lowest BCUT2D eigenvalue weighted by Gasteiger charge is -2.20. The maximum absolute atomic E-state index is 12.9. The van der Waals surface area contributed by atoms with Gasteiger partial charge in [-0.1, -0.05) is 19.9 Å². The molecule has 0 bridgehead atoms. The molecule has 2 N–H and O–H groups in total. The molecule has 186 valence electrons. The molecular formula is C27H31FN2O5. The number of aryl methyl sites for hydroxylation is 2. The molecule has 3 aromatic rings. The van der Waals surface area contributed by atoms with Gasteiger partial charge in [-0.2, -0.15) is 0 Å². The van der Waals surface area contributed by atoms with Crippen molar-refractivity contribution >= 4 is 17.3 Å². The molecule has 0 radical (unpaired) electrons. The molecule has 0 fully saturated rings. The third-order valence-corrected chi connectivity index (χ3v) is 6.33. The summed E-state index contributed by atoms with van der Waals surface area (Å²) in [5.41, 5.74) is 4.70. The monoisotopic (exact) mass is 481 g/mol. The molecule has 0 saturated carbocycles. The highest BCUT2D eigenvalue weighted by Crippen LogP contribution is 2.42. The van der Waals surface area contributed by atoms with Gasteiger partial charge in [0.15, 0.2) is 5.76 Å². The van der Waals surface area contributed by atoms with E-state index in [1.807, 2.05) is 6.92 Å². The van der Waals surface area contributed by atoms with Gasteiger partial charge in [-0.05, 0) is 54.0 Å². The van der Waals surface area contributed by atoms with E-state index in [1.54, 1.807) is 24.3 Å². The predicted octanol–water partition coefficient (Wildman–Crippen LogP) is 6.26. The van der Waals surface area contributed by atoms with Gasteiger partial charge in [0, 0.05) is 30.4 Å². The Labute approximate surface area is 204 Å². The zero-order valence-corrected chi connectivity index (χ0v) is 20.7. The topological polar surface area (TPSA) is 82.0 Å². The molecule has 0 spiro atoms. The van der Waals surface area contributed by atoms with Crippen LogP contribution >= 0.6 is 0 Å². The molecule has 0 aliphatic heterocycles. The predicted molar refractivity (Wildman–Crippen MR) is 133 cm³/mol. The first-order valence-corrected chi connectivity index (χ1v) is 11.5. The van der Waals surface area contributed by atoms with E-state index in [4.69, 9.17) is 18.6 Å². The van der Waals surface area contributed by atoms with Crippen LogP contribution in [0, 0.1) is 6.92 Å². The second-order valence-corrected chi connectivity index (χ2v) is 9.21. The largest absolute Gasteiger partial charge is 0.494 e. The number of hydrogen-bond acceptors (Lipinski definition) is 6. The van der Waals surface area contributed by atoms with E-state index in [9.17, 15) is 9.18 Å². The van der Waals surface area contributed by atoms with Crippen LogP contribution in [-0.2, 0) is 11.8 Å². The van der Waals surface area contributed by atoms with Crippen LogP contribution in [0.15, 0.2) is 40.8 Å². The number of furan rings is 1. The van der Waals surface area contributed by atoms with Crippen molar-refractivity contribution in [2.75, 3.05) is 38.1 Å². The van der Waals surface area contributed by atoms with Crippen molar-refractivity contribution in [1.29, 1.82) is 0 Å². The third-order valence-electron chi connectivity index (χ3n) is 6.33. The number of carbonyl (C=O) groups excluding carboxylic acids is 1. The Bertz CT molecular complexity index is 1210. The summed E-state index contributed by atoms with van der Waals surface area (Å²) in [4.78, 5) is 12.9. The van der Waals surface area contributed by atoms with E-state index in [0.717, 1.165) is 18.4 Å². The van der Waals surface area contributed by atoms with Crippen LogP contribution in [0.25, 0.3) is 0 Å². The smallest absolute Gasteiger partial charge is 0.291 e. The number of hydrogen-bond donors (Lipinski definition) is 2. The van der Waals surface area contributed by atoms with Gasteiger partial charge in [-0.25, -0.2) is 4.39 Å². The van der Waals surface area contributed by atoms with E-state index in [2.05, 4.69) is 36.6 Å². The molecule has 1 amide bonds. The van der Waals surface area contributed by atoms with Crippen LogP contribution in [-0.4, -0.2) is 33.3 Å². The normalized spacial score (nSPS) is 13.8. The summed E-state index contributed by atoms with van der Waals surface area (Å²) in [5.74, 6) is 1.23. The summed E-state index contributed by atoms with van der Waals surface area (Å²) >= 11 is 0. The Morgan fingerprint density at radius 2 is 1.80 bits per heavy atom. The quantitative estimate of drug-likeness (QED) is 0.376. The highest BCUT2D eigenvalue weighted by Gasteiger charge is 2.31. The molecule has 0 saturated heterocycles. The molecular weight excluding hydrogens is 450 g/mol. The average Bonchev–Trinajstić information content (AvgIpc) is 3.42. The molecule has 2 aromatic carbocycles. The van der Waals surface area contributed by atoms with Gasteiger partial charge < -0.3 is 29.3 Å². The van der Waals surface area contributed by atoms with Crippen LogP contribution in [0.2, 0.25) is 0 Å². The lowest BCUT2D eigenvalue weighted by molar-refractivity contribution is 0.0991. The highest BCUT2D eigenvalue weighted by molar-refractivity contribution is 6.04. The van der Waals surface area contributed by atoms with Crippen molar-refractivity contribution in [2.24, 2.45) is 0 Å². The Balaban J connectivity index is 1.53. The molecule has 4 rings (SSSR count). The highest BCUT2D eigenvalue weighted by atomic mass is 18.2. The van der Waals surface area contributed by atoms with Crippen molar-refractivity contribution in [3.8, 4) is 23.2 Å². The maximum Gasteiger partial charge on any atom is 0.291 e. The second-order valence-electron chi connectivity index (χ2n) is 9.21. The number of ether oxygens (including phenoxy) is 3. The molecule has 0 unspecified atom stereocenters. The molecule has 0 atom stereocenters. The van der Waals surface area contributed by atoms with E-state index in [1.165, 1.54) is 25.3 Å². The number of carbonyl (C=O) groups is 1. The number of anilines is 2. The number of methoxy groups -OCH3 is 2. The lowest BCUT2D eigenvalue weighted by Crippen LogP contribution is -2.13. The van der Waals surface area contributed by atoms with Crippen LogP contribution < -0.4 is 24.8 Å². The van der Waals surface area contributed by atoms with Crippen LogP contribution in [0.3, 0.4) is 0 Å². The summed E-state index contributed by atoms with van der Waals surface area (Å²) in [6.45, 7) is 6.10. The lowest BCUT2D eigenvalue weighted by atomic mass is 9.86. The van der Waals surface area contributed by atoms with Crippen LogP contribution in [0.1, 0.15) is 47.5 Å². The van der Waals surface area contributed by atoms with Gasteiger partial charge in [0.05, 0.1) is 14.2 Å². The van der Waals surface area contributed by atoms with Crippen molar-refractivity contribution in [3.05, 3.63) is 58.8 Å². The first-order chi connectivity index (χ1) is 16.7. The molecule has 1 heterocycles. The van der Waals surface area contributed by atoms with E-state index < -0.39 is 12.6 Å². The zero-order valence-electron chi connectivity index (χ0n) is 20.7. The maximum atomic E-state index is 12.9. The van der Waals surface area contributed by atoms with E-state index in [-0.39, 0.29) is 23.7 Å². The number of halogens is 1. The fraction of sp³-hybridized carbons (Fsp3) is 0.370. The minimum Gasteiger partial charge on any atom is -0.494 e. The first-order valence-electron chi connectivity index (χ1n) is 11.5. The summed E-state index contributed by atoms with van der Waals surface area (Å²) in [5, 5.41) is 5.70.